The molecule has 1 aromatic heterocycles. The number of amides is 3. The second-order valence-corrected chi connectivity index (χ2v) is 9.11. The molecule has 8 nitrogen and oxygen atoms in total. The summed E-state index contributed by atoms with van der Waals surface area (Å²) in [6.07, 6.45) is 0. The van der Waals surface area contributed by atoms with Crippen molar-refractivity contribution in [1.82, 2.24) is 4.68 Å². The van der Waals surface area contributed by atoms with Crippen LogP contribution in [0.3, 0.4) is 0 Å². The van der Waals surface area contributed by atoms with Crippen molar-refractivity contribution in [3.63, 3.8) is 0 Å². The van der Waals surface area contributed by atoms with Crippen LogP contribution in [0.4, 0.5) is 11.4 Å². The van der Waals surface area contributed by atoms with E-state index in [9.17, 15) is 14.4 Å². The van der Waals surface area contributed by atoms with Crippen molar-refractivity contribution >= 4 is 55.9 Å². The summed E-state index contributed by atoms with van der Waals surface area (Å²) in [6, 6.07) is 19.5. The molecule has 36 heavy (non-hydrogen) atoms. The third-order valence-corrected chi connectivity index (χ3v) is 5.96. The Hall–Kier alpha value is -4.11. The quantitative estimate of drug-likeness (QED) is 0.281. The first-order valence-electron chi connectivity index (χ1n) is 11.3. The van der Waals surface area contributed by atoms with Gasteiger partial charge in [-0.2, -0.15) is 0 Å². The Balaban J connectivity index is 1.59. The highest BCUT2D eigenvalue weighted by Gasteiger charge is 2.21. The molecule has 0 spiro atoms. The topological polar surface area (TPSA) is 101 Å². The Labute approximate surface area is 216 Å². The van der Waals surface area contributed by atoms with Crippen molar-refractivity contribution in [2.24, 2.45) is 0 Å². The second-order valence-electron chi connectivity index (χ2n) is 8.19. The fourth-order valence-corrected chi connectivity index (χ4v) is 4.13. The van der Waals surface area contributed by atoms with E-state index in [4.69, 9.17) is 4.74 Å². The van der Waals surface area contributed by atoms with Crippen LogP contribution in [0.2, 0.25) is 0 Å². The van der Waals surface area contributed by atoms with Gasteiger partial charge in [0.05, 0.1) is 12.1 Å². The molecule has 3 N–H and O–H groups in total. The van der Waals surface area contributed by atoms with Crippen LogP contribution in [0, 0.1) is 13.8 Å². The lowest BCUT2D eigenvalue weighted by Crippen LogP contribution is -2.36. The number of carbonyl (C=O) groups is 3. The maximum absolute atomic E-state index is 13.2. The molecule has 3 aromatic carbocycles. The number of nitrogens with zero attached hydrogens (tertiary/aromatic N) is 1. The van der Waals surface area contributed by atoms with Gasteiger partial charge in [0.1, 0.15) is 11.4 Å². The third-order valence-electron chi connectivity index (χ3n) is 5.47. The molecule has 0 bridgehead atoms. The van der Waals surface area contributed by atoms with E-state index in [1.165, 1.54) is 4.68 Å². The number of nitrogens with one attached hydrogen (secondary N) is 3. The number of aromatic nitrogens is 1. The molecule has 9 heteroatoms. The van der Waals surface area contributed by atoms with Crippen molar-refractivity contribution in [2.75, 3.05) is 22.7 Å². The first-order chi connectivity index (χ1) is 17.2. The van der Waals surface area contributed by atoms with Gasteiger partial charge in [0.25, 0.3) is 5.91 Å². The minimum Gasteiger partial charge on any atom is -0.494 e. The summed E-state index contributed by atoms with van der Waals surface area (Å²) in [5, 5.41) is 6.15. The predicted octanol–water partition coefficient (Wildman–Crippen LogP) is 5.38. The Bertz CT molecular complexity index is 1460. The fourth-order valence-electron chi connectivity index (χ4n) is 3.76. The van der Waals surface area contributed by atoms with Gasteiger partial charge in [0, 0.05) is 21.2 Å². The van der Waals surface area contributed by atoms with E-state index in [1.807, 2.05) is 39.0 Å². The van der Waals surface area contributed by atoms with Crippen LogP contribution < -0.4 is 20.8 Å². The number of anilines is 2. The SMILES string of the molecule is CCOc1ccc(NC(=O)c2cc3cc(Br)ccc3n2NC(=O)C(=O)Nc2ccc(C)cc2C)cc1. The summed E-state index contributed by atoms with van der Waals surface area (Å²) in [5.74, 6) is -1.53. The lowest BCUT2D eigenvalue weighted by Gasteiger charge is -2.14. The average molecular weight is 549 g/mol. The molecular weight excluding hydrogens is 524 g/mol. The number of fused-ring (bicyclic) bond motifs is 1. The molecule has 4 aromatic rings. The summed E-state index contributed by atoms with van der Waals surface area (Å²) in [5.41, 5.74) is 6.26. The zero-order valence-electron chi connectivity index (χ0n) is 20.0. The summed E-state index contributed by atoms with van der Waals surface area (Å²) in [6.45, 7) is 6.23. The molecule has 0 fully saturated rings. The normalized spacial score (nSPS) is 10.7. The molecule has 1 heterocycles. The number of ether oxygens (including phenoxy) is 1. The lowest BCUT2D eigenvalue weighted by molar-refractivity contribution is -0.133. The highest BCUT2D eigenvalue weighted by Crippen LogP contribution is 2.24. The first kappa shape index (κ1) is 25.0. The van der Waals surface area contributed by atoms with E-state index < -0.39 is 17.7 Å². The van der Waals surface area contributed by atoms with Crippen molar-refractivity contribution in [3.8, 4) is 5.75 Å². The molecule has 0 radical (unpaired) electrons. The Morgan fingerprint density at radius 3 is 2.33 bits per heavy atom. The first-order valence-corrected chi connectivity index (χ1v) is 12.1. The number of benzene rings is 3. The molecule has 0 unspecified atom stereocenters. The predicted molar refractivity (Wildman–Crippen MR) is 144 cm³/mol. The Kier molecular flexibility index (Phi) is 7.40. The fraction of sp³-hybridized carbons (Fsp3) is 0.148. The standard InChI is InChI=1S/C27H25BrN4O4/c1-4-36-21-9-7-20(8-10-21)29-25(33)24-15-18-14-19(28)6-12-23(18)32(24)31-27(35)26(34)30-22-11-5-16(2)13-17(22)3/h5-15H,4H2,1-3H3,(H,29,33)(H,30,34)(H,31,35). The van der Waals surface area contributed by atoms with E-state index in [-0.39, 0.29) is 5.69 Å². The minimum absolute atomic E-state index is 0.157. The molecule has 184 valence electrons. The molecule has 0 saturated carbocycles. The Morgan fingerprint density at radius 2 is 1.64 bits per heavy atom. The van der Waals surface area contributed by atoms with Crippen molar-refractivity contribution < 1.29 is 19.1 Å². The van der Waals surface area contributed by atoms with Gasteiger partial charge in [-0.15, -0.1) is 0 Å². The van der Waals surface area contributed by atoms with Crippen LogP contribution in [0.25, 0.3) is 10.9 Å². The average Bonchev–Trinajstić information content (AvgIpc) is 3.19. The molecule has 0 aliphatic rings. The lowest BCUT2D eigenvalue weighted by atomic mass is 10.1. The molecule has 4 rings (SSSR count). The van der Waals surface area contributed by atoms with E-state index in [1.54, 1.807) is 48.5 Å². The smallest absolute Gasteiger partial charge is 0.328 e. The number of rotatable bonds is 6. The summed E-state index contributed by atoms with van der Waals surface area (Å²) in [7, 11) is 0. The molecule has 0 saturated heterocycles. The van der Waals surface area contributed by atoms with Gasteiger partial charge in [-0.1, -0.05) is 33.6 Å². The summed E-state index contributed by atoms with van der Waals surface area (Å²) in [4.78, 5) is 38.7. The van der Waals surface area contributed by atoms with Crippen LogP contribution in [0.1, 0.15) is 28.5 Å². The van der Waals surface area contributed by atoms with Gasteiger partial charge in [-0.25, -0.2) is 4.68 Å². The maximum atomic E-state index is 13.2. The third kappa shape index (κ3) is 5.58. The number of halogens is 1. The van der Waals surface area contributed by atoms with E-state index >= 15 is 0 Å². The van der Waals surface area contributed by atoms with Gasteiger partial charge in [0.2, 0.25) is 0 Å². The minimum atomic E-state index is -0.912. The van der Waals surface area contributed by atoms with Crippen molar-refractivity contribution in [3.05, 3.63) is 88.0 Å². The highest BCUT2D eigenvalue weighted by atomic mass is 79.9. The van der Waals surface area contributed by atoms with Crippen LogP contribution in [-0.4, -0.2) is 29.0 Å². The number of carbonyl (C=O) groups excluding carboxylic acids is 3. The van der Waals surface area contributed by atoms with Crippen LogP contribution in [-0.2, 0) is 9.59 Å². The number of aryl methyl sites for hydroxylation is 2. The van der Waals surface area contributed by atoms with Crippen LogP contribution in [0.15, 0.2) is 71.2 Å². The van der Waals surface area contributed by atoms with Crippen LogP contribution >= 0.6 is 15.9 Å². The van der Waals surface area contributed by atoms with Gasteiger partial charge >= 0.3 is 11.8 Å². The maximum Gasteiger partial charge on any atom is 0.328 e. The van der Waals surface area contributed by atoms with Gasteiger partial charge in [0.15, 0.2) is 0 Å². The van der Waals surface area contributed by atoms with Crippen molar-refractivity contribution in [2.45, 2.75) is 20.8 Å². The molecule has 0 aliphatic carbocycles. The molecule has 3 amide bonds. The largest absolute Gasteiger partial charge is 0.494 e. The van der Waals surface area contributed by atoms with Crippen LogP contribution in [0.5, 0.6) is 5.75 Å². The van der Waals surface area contributed by atoms with Crippen molar-refractivity contribution in [1.29, 1.82) is 0 Å². The summed E-state index contributed by atoms with van der Waals surface area (Å²) >= 11 is 3.43. The van der Waals surface area contributed by atoms with Gasteiger partial charge < -0.3 is 15.4 Å². The molecular formula is C27H25BrN4O4. The van der Waals surface area contributed by atoms with Gasteiger partial charge in [-0.3, -0.25) is 19.8 Å². The van der Waals surface area contributed by atoms with E-state index in [2.05, 4.69) is 32.0 Å². The Morgan fingerprint density at radius 1 is 0.889 bits per heavy atom. The van der Waals surface area contributed by atoms with E-state index in [0.29, 0.717) is 34.6 Å². The number of hydrogen-bond acceptors (Lipinski definition) is 4. The molecule has 0 atom stereocenters. The summed E-state index contributed by atoms with van der Waals surface area (Å²) < 4.78 is 7.56. The zero-order valence-corrected chi connectivity index (χ0v) is 21.6. The number of hydrogen-bond donors (Lipinski definition) is 3. The second kappa shape index (κ2) is 10.7. The zero-order chi connectivity index (χ0) is 25.8. The highest BCUT2D eigenvalue weighted by molar-refractivity contribution is 9.10. The van der Waals surface area contributed by atoms with E-state index in [0.717, 1.165) is 15.6 Å². The monoisotopic (exact) mass is 548 g/mol. The molecule has 0 aliphatic heterocycles. The van der Waals surface area contributed by atoms with Gasteiger partial charge in [-0.05, 0) is 80.9 Å².